The molecule has 2 rings (SSSR count). The van der Waals surface area contributed by atoms with Crippen LogP contribution < -0.4 is 10.6 Å². The van der Waals surface area contributed by atoms with Gasteiger partial charge in [-0.15, -0.1) is 0 Å². The molecule has 0 atom stereocenters. The maximum atomic E-state index is 11.7. The zero-order chi connectivity index (χ0) is 14.4. The van der Waals surface area contributed by atoms with E-state index in [4.69, 9.17) is 9.84 Å². The van der Waals surface area contributed by atoms with E-state index in [0.29, 0.717) is 18.2 Å². The van der Waals surface area contributed by atoms with Crippen molar-refractivity contribution >= 4 is 17.7 Å². The van der Waals surface area contributed by atoms with Crippen molar-refractivity contribution in [2.45, 2.75) is 12.8 Å². The molecule has 0 aliphatic carbocycles. The second kappa shape index (κ2) is 6.85. The molecule has 1 fully saturated rings. The summed E-state index contributed by atoms with van der Waals surface area (Å²) in [4.78, 5) is 26.3. The Hall–Kier alpha value is -2.15. The highest BCUT2D eigenvalue weighted by molar-refractivity contribution is 5.92. The lowest BCUT2D eigenvalue weighted by Gasteiger charge is -2.22. The third kappa shape index (κ3) is 4.20. The van der Waals surface area contributed by atoms with Gasteiger partial charge >= 0.3 is 12.0 Å². The predicted octanol–water partition coefficient (Wildman–Crippen LogP) is 1.33. The highest BCUT2D eigenvalue weighted by Gasteiger charge is 2.14. The molecule has 0 spiro atoms. The molecule has 1 aromatic heterocycles. The van der Waals surface area contributed by atoms with Crippen LogP contribution in [0.1, 0.15) is 23.2 Å². The first-order chi connectivity index (χ1) is 9.65. The monoisotopic (exact) mass is 279 g/mol. The lowest BCUT2D eigenvalue weighted by Crippen LogP contribution is -2.35. The van der Waals surface area contributed by atoms with Crippen LogP contribution in [0.25, 0.3) is 0 Å². The molecular formula is C13H17N3O4. The van der Waals surface area contributed by atoms with Crippen molar-refractivity contribution in [1.29, 1.82) is 0 Å². The van der Waals surface area contributed by atoms with Gasteiger partial charge in [-0.3, -0.25) is 4.98 Å². The molecule has 1 aliphatic rings. The van der Waals surface area contributed by atoms with Gasteiger partial charge in [-0.25, -0.2) is 9.59 Å². The lowest BCUT2D eigenvalue weighted by atomic mass is 10.0. The standard InChI is InChI=1S/C13H17N3O4/c17-12(18)10-5-11(8-14-7-10)16-13(19)15-6-9-1-3-20-4-2-9/h5,7-9H,1-4,6H2,(H,17,18)(H2,15,16,19). The Morgan fingerprint density at radius 1 is 1.35 bits per heavy atom. The number of anilines is 1. The Bertz CT molecular complexity index is 486. The van der Waals surface area contributed by atoms with Crippen LogP contribution in [0.2, 0.25) is 0 Å². The van der Waals surface area contributed by atoms with Crippen LogP contribution in [-0.2, 0) is 4.74 Å². The molecule has 1 aromatic rings. The SMILES string of the molecule is O=C(NCC1CCOCC1)Nc1cncc(C(=O)O)c1. The van der Waals surface area contributed by atoms with Crippen LogP contribution in [0.15, 0.2) is 18.5 Å². The number of amides is 2. The number of carbonyl (C=O) groups is 2. The first kappa shape index (κ1) is 14.3. The first-order valence-corrected chi connectivity index (χ1v) is 6.46. The molecule has 2 amide bonds. The van der Waals surface area contributed by atoms with Gasteiger partial charge in [0.1, 0.15) is 0 Å². The van der Waals surface area contributed by atoms with Gasteiger partial charge < -0.3 is 20.5 Å². The minimum Gasteiger partial charge on any atom is -0.478 e. The van der Waals surface area contributed by atoms with Crippen molar-refractivity contribution in [3.8, 4) is 0 Å². The summed E-state index contributed by atoms with van der Waals surface area (Å²) in [6.45, 7) is 2.05. The zero-order valence-electron chi connectivity index (χ0n) is 11.0. The van der Waals surface area contributed by atoms with Crippen LogP contribution in [0.4, 0.5) is 10.5 Å². The highest BCUT2D eigenvalue weighted by Crippen LogP contribution is 2.13. The molecule has 1 aliphatic heterocycles. The summed E-state index contributed by atoms with van der Waals surface area (Å²) in [5, 5.41) is 14.2. The van der Waals surface area contributed by atoms with Gasteiger partial charge in [-0.05, 0) is 24.8 Å². The van der Waals surface area contributed by atoms with E-state index in [1.165, 1.54) is 18.5 Å². The molecule has 0 unspecified atom stereocenters. The fourth-order valence-electron chi connectivity index (χ4n) is 1.99. The summed E-state index contributed by atoms with van der Waals surface area (Å²) in [6.07, 6.45) is 4.51. The molecule has 0 saturated carbocycles. The number of pyridine rings is 1. The van der Waals surface area contributed by atoms with E-state index >= 15 is 0 Å². The maximum Gasteiger partial charge on any atom is 0.337 e. The number of carboxylic acids is 1. The van der Waals surface area contributed by atoms with E-state index in [0.717, 1.165) is 26.1 Å². The summed E-state index contributed by atoms with van der Waals surface area (Å²) in [6, 6.07) is 1.00. The Kier molecular flexibility index (Phi) is 4.89. The highest BCUT2D eigenvalue weighted by atomic mass is 16.5. The van der Waals surface area contributed by atoms with E-state index in [-0.39, 0.29) is 11.6 Å². The molecule has 0 radical (unpaired) electrons. The van der Waals surface area contributed by atoms with Crippen molar-refractivity contribution in [2.24, 2.45) is 5.92 Å². The Labute approximate surface area is 116 Å². The minimum absolute atomic E-state index is 0.0345. The maximum absolute atomic E-state index is 11.7. The second-order valence-corrected chi connectivity index (χ2v) is 4.66. The fourth-order valence-corrected chi connectivity index (χ4v) is 1.99. The molecule has 2 heterocycles. The number of nitrogens with one attached hydrogen (secondary N) is 2. The third-order valence-electron chi connectivity index (χ3n) is 3.14. The van der Waals surface area contributed by atoms with Crippen molar-refractivity contribution < 1.29 is 19.4 Å². The number of hydrogen-bond donors (Lipinski definition) is 3. The molecule has 7 nitrogen and oxygen atoms in total. The number of nitrogens with zero attached hydrogens (tertiary/aromatic N) is 1. The number of urea groups is 1. The van der Waals surface area contributed by atoms with Gasteiger partial charge in [0.2, 0.25) is 0 Å². The van der Waals surface area contributed by atoms with Gasteiger partial charge in [0.15, 0.2) is 0 Å². The lowest BCUT2D eigenvalue weighted by molar-refractivity contribution is 0.0670. The van der Waals surface area contributed by atoms with E-state index < -0.39 is 5.97 Å². The minimum atomic E-state index is -1.08. The third-order valence-corrected chi connectivity index (χ3v) is 3.14. The van der Waals surface area contributed by atoms with Crippen LogP contribution in [0, 0.1) is 5.92 Å². The number of aromatic carboxylic acids is 1. The summed E-state index contributed by atoms with van der Waals surface area (Å²) in [5.74, 6) is -0.651. The molecule has 3 N–H and O–H groups in total. The average Bonchev–Trinajstić information content (AvgIpc) is 2.46. The fraction of sp³-hybridized carbons (Fsp3) is 0.462. The van der Waals surface area contributed by atoms with Crippen LogP contribution >= 0.6 is 0 Å². The largest absolute Gasteiger partial charge is 0.478 e. The van der Waals surface area contributed by atoms with Crippen LogP contribution in [-0.4, -0.2) is 41.8 Å². The van der Waals surface area contributed by atoms with Gasteiger partial charge in [0, 0.05) is 26.0 Å². The molecule has 1 saturated heterocycles. The quantitative estimate of drug-likeness (QED) is 0.772. The Morgan fingerprint density at radius 2 is 2.10 bits per heavy atom. The number of aromatic nitrogens is 1. The molecule has 7 heteroatoms. The van der Waals surface area contributed by atoms with E-state index in [1.54, 1.807) is 0 Å². The number of hydrogen-bond acceptors (Lipinski definition) is 4. The number of carboxylic acid groups (broad SMARTS) is 1. The first-order valence-electron chi connectivity index (χ1n) is 6.46. The molecule has 0 bridgehead atoms. The number of carbonyl (C=O) groups excluding carboxylic acids is 1. The summed E-state index contributed by atoms with van der Waals surface area (Å²) < 4.78 is 5.25. The normalized spacial score (nSPS) is 15.6. The van der Waals surface area contributed by atoms with Gasteiger partial charge in [-0.1, -0.05) is 0 Å². The van der Waals surface area contributed by atoms with Crippen molar-refractivity contribution in [3.63, 3.8) is 0 Å². The van der Waals surface area contributed by atoms with Crippen molar-refractivity contribution in [2.75, 3.05) is 25.1 Å². The van der Waals surface area contributed by atoms with Crippen LogP contribution in [0.5, 0.6) is 0 Å². The van der Waals surface area contributed by atoms with Gasteiger partial charge in [0.05, 0.1) is 17.4 Å². The summed E-state index contributed by atoms with van der Waals surface area (Å²) in [5.41, 5.74) is 0.390. The molecular weight excluding hydrogens is 262 g/mol. The molecule has 0 aromatic carbocycles. The summed E-state index contributed by atoms with van der Waals surface area (Å²) in [7, 11) is 0. The van der Waals surface area contributed by atoms with Crippen molar-refractivity contribution in [1.82, 2.24) is 10.3 Å². The van der Waals surface area contributed by atoms with Crippen LogP contribution in [0.3, 0.4) is 0 Å². The Morgan fingerprint density at radius 3 is 2.80 bits per heavy atom. The topological polar surface area (TPSA) is 101 Å². The van der Waals surface area contributed by atoms with E-state index in [1.807, 2.05) is 0 Å². The smallest absolute Gasteiger partial charge is 0.337 e. The Balaban J connectivity index is 1.81. The predicted molar refractivity (Wildman–Crippen MR) is 71.8 cm³/mol. The van der Waals surface area contributed by atoms with E-state index in [2.05, 4.69) is 15.6 Å². The number of ether oxygens (including phenoxy) is 1. The second-order valence-electron chi connectivity index (χ2n) is 4.66. The zero-order valence-corrected chi connectivity index (χ0v) is 11.0. The van der Waals surface area contributed by atoms with Crippen molar-refractivity contribution in [3.05, 3.63) is 24.0 Å². The average molecular weight is 279 g/mol. The summed E-state index contributed by atoms with van der Waals surface area (Å²) >= 11 is 0. The molecule has 108 valence electrons. The van der Waals surface area contributed by atoms with Gasteiger partial charge in [0.25, 0.3) is 0 Å². The number of rotatable bonds is 4. The van der Waals surface area contributed by atoms with Gasteiger partial charge in [-0.2, -0.15) is 0 Å². The molecule has 20 heavy (non-hydrogen) atoms. The van der Waals surface area contributed by atoms with E-state index in [9.17, 15) is 9.59 Å².